The van der Waals surface area contributed by atoms with Crippen LogP contribution >= 0.6 is 0 Å². The van der Waals surface area contributed by atoms with E-state index in [0.29, 0.717) is 22.7 Å². The van der Waals surface area contributed by atoms with Gasteiger partial charge in [-0.2, -0.15) is 0 Å². The van der Waals surface area contributed by atoms with Gasteiger partial charge in [0.05, 0.1) is 20.8 Å². The largest absolute Gasteiger partial charge is 0.497 e. The van der Waals surface area contributed by atoms with E-state index in [-0.39, 0.29) is 6.54 Å². The molecule has 0 heterocycles. The minimum absolute atomic E-state index is 0.259. The fourth-order valence-electron chi connectivity index (χ4n) is 2.46. The molecule has 0 unspecified atom stereocenters. The molecule has 0 atom stereocenters. The third kappa shape index (κ3) is 7.46. The van der Waals surface area contributed by atoms with E-state index in [2.05, 4.69) is 5.32 Å². The van der Waals surface area contributed by atoms with E-state index in [9.17, 15) is 18.8 Å². The minimum atomic E-state index is -0.734. The van der Waals surface area contributed by atoms with Crippen molar-refractivity contribution in [1.29, 1.82) is 0 Å². The van der Waals surface area contributed by atoms with Crippen LogP contribution in [0.5, 0.6) is 11.5 Å². The number of likely N-dealkylation sites (N-methyl/N-ethyl adjacent to an activating group) is 1. The van der Waals surface area contributed by atoms with Crippen molar-refractivity contribution in [3.63, 3.8) is 0 Å². The highest BCUT2D eigenvalue weighted by atomic mass is 19.1. The third-order valence-electron chi connectivity index (χ3n) is 4.11. The number of nitrogens with zero attached hydrogens (tertiary/aromatic N) is 1. The summed E-state index contributed by atoms with van der Waals surface area (Å²) in [5.41, 5.74) is 0.997. The van der Waals surface area contributed by atoms with Gasteiger partial charge in [0.15, 0.2) is 6.61 Å². The van der Waals surface area contributed by atoms with Gasteiger partial charge in [0.1, 0.15) is 17.3 Å². The van der Waals surface area contributed by atoms with E-state index in [1.165, 1.54) is 51.6 Å². The molecule has 2 aromatic rings. The Morgan fingerprint density at radius 3 is 2.42 bits per heavy atom. The molecule has 8 nitrogen and oxygen atoms in total. The lowest BCUT2D eigenvalue weighted by molar-refractivity contribution is -0.148. The lowest BCUT2D eigenvalue weighted by Gasteiger charge is -2.16. The Balaban J connectivity index is 1.83. The van der Waals surface area contributed by atoms with Crippen LogP contribution in [0, 0.1) is 5.82 Å². The van der Waals surface area contributed by atoms with Crippen molar-refractivity contribution < 1.29 is 33.0 Å². The molecule has 1 N–H and O–H groups in total. The molecule has 2 aromatic carbocycles. The van der Waals surface area contributed by atoms with Gasteiger partial charge in [-0.15, -0.1) is 0 Å². The van der Waals surface area contributed by atoms with Crippen molar-refractivity contribution in [2.24, 2.45) is 0 Å². The van der Waals surface area contributed by atoms with Crippen molar-refractivity contribution in [3.05, 3.63) is 59.9 Å². The number of esters is 1. The second-order valence-corrected chi connectivity index (χ2v) is 6.35. The summed E-state index contributed by atoms with van der Waals surface area (Å²) in [5.74, 6) is -1.07. The molecule has 0 bridgehead atoms. The third-order valence-corrected chi connectivity index (χ3v) is 4.11. The molecule has 0 saturated carbocycles. The average Bonchev–Trinajstić information content (AvgIpc) is 2.77. The molecule has 0 saturated heterocycles. The lowest BCUT2D eigenvalue weighted by Crippen LogP contribution is -2.37. The molecule has 2 rings (SSSR count). The Labute approximate surface area is 179 Å². The molecule has 9 heteroatoms. The van der Waals surface area contributed by atoms with Crippen LogP contribution in [0.3, 0.4) is 0 Å². The number of anilines is 1. The number of ether oxygens (including phenoxy) is 3. The maximum atomic E-state index is 12.9. The highest BCUT2D eigenvalue weighted by molar-refractivity contribution is 5.95. The van der Waals surface area contributed by atoms with Crippen molar-refractivity contribution in [2.45, 2.75) is 0 Å². The number of carbonyl (C=O) groups excluding carboxylic acids is 3. The van der Waals surface area contributed by atoms with Gasteiger partial charge < -0.3 is 24.4 Å². The number of hydrogen-bond donors (Lipinski definition) is 1. The Kier molecular flexibility index (Phi) is 8.56. The Hall–Kier alpha value is -3.88. The zero-order valence-electron chi connectivity index (χ0n) is 17.4. The maximum Gasteiger partial charge on any atom is 0.331 e. The fourth-order valence-corrected chi connectivity index (χ4v) is 2.46. The minimum Gasteiger partial charge on any atom is -0.497 e. The van der Waals surface area contributed by atoms with E-state index in [0.717, 1.165) is 11.0 Å². The van der Waals surface area contributed by atoms with Crippen molar-refractivity contribution in [2.75, 3.05) is 39.7 Å². The fraction of sp³-hybridized carbons (Fsp3) is 0.227. The van der Waals surface area contributed by atoms with Crippen molar-refractivity contribution in [1.82, 2.24) is 4.90 Å². The summed E-state index contributed by atoms with van der Waals surface area (Å²) < 4.78 is 28.2. The molecule has 0 fully saturated rings. The zero-order chi connectivity index (χ0) is 22.8. The van der Waals surface area contributed by atoms with E-state index < -0.39 is 30.2 Å². The number of rotatable bonds is 9. The number of halogens is 1. The summed E-state index contributed by atoms with van der Waals surface area (Å²) in [4.78, 5) is 37.1. The van der Waals surface area contributed by atoms with Gasteiger partial charge in [-0.25, -0.2) is 9.18 Å². The first kappa shape index (κ1) is 23.4. The second-order valence-electron chi connectivity index (χ2n) is 6.35. The predicted octanol–water partition coefficient (Wildman–Crippen LogP) is 2.50. The van der Waals surface area contributed by atoms with Crippen LogP contribution < -0.4 is 14.8 Å². The molecular formula is C22H23FN2O6. The second kappa shape index (κ2) is 11.3. The van der Waals surface area contributed by atoms with E-state index in [1.54, 1.807) is 18.2 Å². The van der Waals surface area contributed by atoms with Crippen LogP contribution in [-0.2, 0) is 19.1 Å². The van der Waals surface area contributed by atoms with E-state index in [1.807, 2.05) is 0 Å². The van der Waals surface area contributed by atoms with Crippen LogP contribution in [-0.4, -0.2) is 57.1 Å². The molecule has 164 valence electrons. The standard InChI is InChI=1S/C22H23FN2O6/c1-25(13-20(26)24-17-7-5-16(23)6-8-17)21(27)14-31-22(28)11-4-15-12-18(29-2)9-10-19(15)30-3/h4-12H,13-14H2,1-3H3,(H,24,26)/b11-4+. The molecule has 2 amide bonds. The zero-order valence-corrected chi connectivity index (χ0v) is 17.4. The number of hydrogen-bond acceptors (Lipinski definition) is 6. The first-order valence-corrected chi connectivity index (χ1v) is 9.18. The quantitative estimate of drug-likeness (QED) is 0.485. The number of amides is 2. The predicted molar refractivity (Wildman–Crippen MR) is 112 cm³/mol. The van der Waals surface area contributed by atoms with Crippen LogP contribution in [0.1, 0.15) is 5.56 Å². The monoisotopic (exact) mass is 430 g/mol. The summed E-state index contributed by atoms with van der Waals surface area (Å²) in [6.45, 7) is -0.788. The summed E-state index contributed by atoms with van der Waals surface area (Å²) in [7, 11) is 4.42. The van der Waals surface area contributed by atoms with Crippen LogP contribution in [0.15, 0.2) is 48.5 Å². The van der Waals surface area contributed by atoms with E-state index in [4.69, 9.17) is 14.2 Å². The van der Waals surface area contributed by atoms with Gasteiger partial charge in [0.25, 0.3) is 5.91 Å². The summed E-state index contributed by atoms with van der Waals surface area (Å²) in [5, 5.41) is 2.54. The van der Waals surface area contributed by atoms with Gasteiger partial charge >= 0.3 is 5.97 Å². The number of nitrogens with one attached hydrogen (secondary N) is 1. The van der Waals surface area contributed by atoms with Crippen LogP contribution in [0.2, 0.25) is 0 Å². The first-order chi connectivity index (χ1) is 14.8. The Morgan fingerprint density at radius 2 is 1.77 bits per heavy atom. The lowest BCUT2D eigenvalue weighted by atomic mass is 10.1. The van der Waals surface area contributed by atoms with Gasteiger partial charge in [0, 0.05) is 24.4 Å². The van der Waals surface area contributed by atoms with Crippen molar-refractivity contribution >= 4 is 29.5 Å². The Bertz CT molecular complexity index is 959. The molecule has 0 aliphatic rings. The van der Waals surface area contributed by atoms with Gasteiger partial charge in [-0.3, -0.25) is 9.59 Å². The van der Waals surface area contributed by atoms with Crippen LogP contribution in [0.25, 0.3) is 6.08 Å². The van der Waals surface area contributed by atoms with Gasteiger partial charge in [-0.1, -0.05) is 0 Å². The molecule has 0 spiro atoms. The molecule has 0 aliphatic heterocycles. The van der Waals surface area contributed by atoms with Gasteiger partial charge in [-0.05, 0) is 48.5 Å². The molecular weight excluding hydrogens is 407 g/mol. The first-order valence-electron chi connectivity index (χ1n) is 9.18. The molecule has 0 aromatic heterocycles. The summed E-state index contributed by atoms with van der Waals surface area (Å²) in [6.07, 6.45) is 2.64. The number of carbonyl (C=O) groups is 3. The Morgan fingerprint density at radius 1 is 1.06 bits per heavy atom. The average molecular weight is 430 g/mol. The molecule has 0 aliphatic carbocycles. The number of methoxy groups -OCH3 is 2. The summed E-state index contributed by atoms with van der Waals surface area (Å²) >= 11 is 0. The van der Waals surface area contributed by atoms with Gasteiger partial charge in [0.2, 0.25) is 5.91 Å². The van der Waals surface area contributed by atoms with Crippen LogP contribution in [0.4, 0.5) is 10.1 Å². The number of benzene rings is 2. The maximum absolute atomic E-state index is 12.9. The summed E-state index contributed by atoms with van der Waals surface area (Å²) in [6, 6.07) is 10.3. The SMILES string of the molecule is COc1ccc(OC)c(/C=C/C(=O)OCC(=O)N(C)CC(=O)Nc2ccc(F)cc2)c1. The normalized spacial score (nSPS) is 10.5. The van der Waals surface area contributed by atoms with Crippen molar-refractivity contribution in [3.8, 4) is 11.5 Å². The highest BCUT2D eigenvalue weighted by Crippen LogP contribution is 2.25. The molecule has 0 radical (unpaired) electrons. The highest BCUT2D eigenvalue weighted by Gasteiger charge is 2.15. The molecule has 31 heavy (non-hydrogen) atoms. The smallest absolute Gasteiger partial charge is 0.331 e. The van der Waals surface area contributed by atoms with E-state index >= 15 is 0 Å². The topological polar surface area (TPSA) is 94.2 Å².